The van der Waals surface area contributed by atoms with Crippen LogP contribution in [0, 0.1) is 10.1 Å². The first kappa shape index (κ1) is 14.5. The Kier molecular flexibility index (Phi) is 3.77. The summed E-state index contributed by atoms with van der Waals surface area (Å²) in [6.45, 7) is 0. The predicted octanol–water partition coefficient (Wildman–Crippen LogP) is 0.968. The zero-order valence-electron chi connectivity index (χ0n) is 9.11. The number of nitro groups is 1. The van der Waals surface area contributed by atoms with Crippen LogP contribution in [0.3, 0.4) is 0 Å². The molecule has 104 valence electrons. The summed E-state index contributed by atoms with van der Waals surface area (Å²) in [5.74, 6) is -2.65. The van der Waals surface area contributed by atoms with Gasteiger partial charge in [-0.05, 0) is 0 Å². The first-order valence-corrected chi connectivity index (χ1v) is 4.41. The van der Waals surface area contributed by atoms with E-state index in [0.717, 1.165) is 7.11 Å². The molecule has 0 saturated heterocycles. The van der Waals surface area contributed by atoms with Crippen LogP contribution in [0.5, 0.6) is 5.88 Å². The second-order valence-electron chi connectivity index (χ2n) is 3.01. The summed E-state index contributed by atoms with van der Waals surface area (Å²) in [4.78, 5) is 33.5. The molecular formula is C8H5F3N2O6. The monoisotopic (exact) mass is 282 g/mol. The van der Waals surface area contributed by atoms with Gasteiger partial charge >= 0.3 is 18.0 Å². The van der Waals surface area contributed by atoms with Crippen molar-refractivity contribution in [3.8, 4) is 5.88 Å². The molecule has 0 unspecified atom stereocenters. The molecule has 0 radical (unpaired) electrons. The van der Waals surface area contributed by atoms with Crippen molar-refractivity contribution in [3.05, 3.63) is 32.1 Å². The van der Waals surface area contributed by atoms with Crippen molar-refractivity contribution in [1.82, 2.24) is 4.98 Å². The molecule has 0 aliphatic carbocycles. The number of nitrogens with one attached hydrogen (secondary N) is 1. The highest BCUT2D eigenvalue weighted by Crippen LogP contribution is 2.27. The number of nitrogens with zero attached hydrogens (tertiary/aromatic N) is 1. The van der Waals surface area contributed by atoms with Gasteiger partial charge in [0.1, 0.15) is 5.56 Å². The molecule has 1 heterocycles. The van der Waals surface area contributed by atoms with E-state index in [-0.39, 0.29) is 0 Å². The average molecular weight is 282 g/mol. The SMILES string of the molecule is COC(=O)c1c[nH]c(OC(F)(F)F)c([N+](=O)[O-])c1=O. The molecule has 0 bridgehead atoms. The third-order valence-electron chi connectivity index (χ3n) is 1.83. The number of halogens is 3. The number of hydrogen-bond acceptors (Lipinski definition) is 6. The van der Waals surface area contributed by atoms with E-state index in [1.165, 1.54) is 0 Å². The lowest BCUT2D eigenvalue weighted by Gasteiger charge is -2.08. The third kappa shape index (κ3) is 3.20. The predicted molar refractivity (Wildman–Crippen MR) is 51.7 cm³/mol. The van der Waals surface area contributed by atoms with Crippen LogP contribution in [0.25, 0.3) is 0 Å². The number of aromatic nitrogens is 1. The molecule has 0 fully saturated rings. The van der Waals surface area contributed by atoms with E-state index < -0.39 is 39.8 Å². The number of alkyl halides is 3. The lowest BCUT2D eigenvalue weighted by Crippen LogP contribution is -2.24. The van der Waals surface area contributed by atoms with E-state index in [0.29, 0.717) is 6.20 Å². The summed E-state index contributed by atoms with van der Waals surface area (Å²) >= 11 is 0. The Morgan fingerprint density at radius 2 is 2.05 bits per heavy atom. The summed E-state index contributed by atoms with van der Waals surface area (Å²) in [6.07, 6.45) is -4.71. The maximum absolute atomic E-state index is 12.0. The number of H-pyrrole nitrogens is 1. The highest BCUT2D eigenvalue weighted by molar-refractivity contribution is 5.89. The van der Waals surface area contributed by atoms with Crippen molar-refractivity contribution in [2.24, 2.45) is 0 Å². The summed E-state index contributed by atoms with van der Waals surface area (Å²) < 4.78 is 43.4. The van der Waals surface area contributed by atoms with Crippen LogP contribution in [0.1, 0.15) is 10.4 Å². The van der Waals surface area contributed by atoms with E-state index in [2.05, 4.69) is 9.47 Å². The van der Waals surface area contributed by atoms with E-state index in [1.54, 1.807) is 4.98 Å². The van der Waals surface area contributed by atoms with Crippen LogP contribution >= 0.6 is 0 Å². The van der Waals surface area contributed by atoms with Crippen molar-refractivity contribution in [1.29, 1.82) is 0 Å². The molecule has 1 rings (SSSR count). The summed E-state index contributed by atoms with van der Waals surface area (Å²) in [5, 5.41) is 10.6. The summed E-state index contributed by atoms with van der Waals surface area (Å²) in [5.41, 5.74) is -3.90. The van der Waals surface area contributed by atoms with Gasteiger partial charge in [0.2, 0.25) is 0 Å². The number of ether oxygens (including phenoxy) is 2. The number of carbonyl (C=O) groups excluding carboxylic acids is 1. The Morgan fingerprint density at radius 1 is 1.47 bits per heavy atom. The first-order valence-electron chi connectivity index (χ1n) is 4.41. The van der Waals surface area contributed by atoms with Gasteiger partial charge in [-0.1, -0.05) is 0 Å². The van der Waals surface area contributed by atoms with Gasteiger partial charge in [-0.2, -0.15) is 0 Å². The fourth-order valence-electron chi connectivity index (χ4n) is 1.12. The van der Waals surface area contributed by atoms with Crippen molar-refractivity contribution in [2.75, 3.05) is 7.11 Å². The van der Waals surface area contributed by atoms with Gasteiger partial charge in [0.15, 0.2) is 0 Å². The number of carbonyl (C=O) groups is 1. The lowest BCUT2D eigenvalue weighted by molar-refractivity contribution is -0.390. The Morgan fingerprint density at radius 3 is 2.47 bits per heavy atom. The van der Waals surface area contributed by atoms with Gasteiger partial charge < -0.3 is 14.5 Å². The number of methoxy groups -OCH3 is 1. The zero-order valence-corrected chi connectivity index (χ0v) is 9.11. The van der Waals surface area contributed by atoms with Crippen LogP contribution in [0.2, 0.25) is 0 Å². The van der Waals surface area contributed by atoms with E-state index in [1.807, 2.05) is 0 Å². The second-order valence-corrected chi connectivity index (χ2v) is 3.01. The quantitative estimate of drug-likeness (QED) is 0.502. The molecule has 0 aliphatic heterocycles. The smallest absolute Gasteiger partial charge is 0.465 e. The molecule has 1 N–H and O–H groups in total. The number of hydrogen-bond donors (Lipinski definition) is 1. The fourth-order valence-corrected chi connectivity index (χ4v) is 1.12. The number of pyridine rings is 1. The highest BCUT2D eigenvalue weighted by atomic mass is 19.4. The standard InChI is InChI=1S/C8H5F3N2O6/c1-18-7(15)3-2-12-6(19-8(9,10)11)4(5(3)14)13(16)17/h2H,1H3,(H,12,14). The topological polar surface area (TPSA) is 112 Å². The van der Waals surface area contributed by atoms with Crippen LogP contribution < -0.4 is 10.2 Å². The fraction of sp³-hybridized carbons (Fsp3) is 0.250. The minimum atomic E-state index is -5.24. The maximum atomic E-state index is 12.0. The van der Waals surface area contributed by atoms with Gasteiger partial charge in [-0.3, -0.25) is 14.9 Å². The molecule has 8 nitrogen and oxygen atoms in total. The van der Waals surface area contributed by atoms with Crippen molar-refractivity contribution in [2.45, 2.75) is 6.36 Å². The van der Waals surface area contributed by atoms with Crippen LogP contribution in [-0.2, 0) is 4.74 Å². The van der Waals surface area contributed by atoms with Gasteiger partial charge in [0.25, 0.3) is 11.3 Å². The Bertz CT molecular complexity index is 579. The number of esters is 1. The van der Waals surface area contributed by atoms with Crippen LogP contribution in [0.4, 0.5) is 18.9 Å². The van der Waals surface area contributed by atoms with E-state index in [4.69, 9.17) is 0 Å². The molecule has 0 aromatic carbocycles. The lowest BCUT2D eigenvalue weighted by atomic mass is 10.2. The molecule has 1 aromatic rings. The summed E-state index contributed by atoms with van der Waals surface area (Å²) in [6, 6.07) is 0. The van der Waals surface area contributed by atoms with Crippen molar-refractivity contribution < 1.29 is 32.4 Å². The molecule has 0 spiro atoms. The molecule has 11 heteroatoms. The molecule has 1 aromatic heterocycles. The Balaban J connectivity index is 3.45. The van der Waals surface area contributed by atoms with Gasteiger partial charge in [-0.25, -0.2) is 4.79 Å². The highest BCUT2D eigenvalue weighted by Gasteiger charge is 2.37. The van der Waals surface area contributed by atoms with Crippen molar-refractivity contribution >= 4 is 11.7 Å². The van der Waals surface area contributed by atoms with Crippen LogP contribution in [-0.4, -0.2) is 29.3 Å². The first-order chi connectivity index (χ1) is 8.67. The molecule has 19 heavy (non-hydrogen) atoms. The Labute approximate surface area is 101 Å². The minimum Gasteiger partial charge on any atom is -0.465 e. The average Bonchev–Trinajstić information content (AvgIpc) is 2.25. The second kappa shape index (κ2) is 4.96. The van der Waals surface area contributed by atoms with Gasteiger partial charge in [0, 0.05) is 6.20 Å². The third-order valence-corrected chi connectivity index (χ3v) is 1.83. The van der Waals surface area contributed by atoms with E-state index >= 15 is 0 Å². The normalized spacial score (nSPS) is 10.9. The van der Waals surface area contributed by atoms with Gasteiger partial charge in [-0.15, -0.1) is 13.2 Å². The molecule has 0 aliphatic rings. The number of rotatable bonds is 3. The minimum absolute atomic E-state index is 0.530. The number of aromatic amines is 1. The van der Waals surface area contributed by atoms with Crippen LogP contribution in [0.15, 0.2) is 11.0 Å². The van der Waals surface area contributed by atoms with Gasteiger partial charge in [0.05, 0.1) is 12.0 Å². The summed E-state index contributed by atoms with van der Waals surface area (Å²) in [7, 11) is 0.897. The maximum Gasteiger partial charge on any atom is 0.574 e. The Hall–Kier alpha value is -2.59. The van der Waals surface area contributed by atoms with Crippen molar-refractivity contribution in [3.63, 3.8) is 0 Å². The molecule has 0 amide bonds. The van der Waals surface area contributed by atoms with E-state index in [9.17, 15) is 32.9 Å². The molecular weight excluding hydrogens is 277 g/mol. The molecule has 0 atom stereocenters. The molecule has 0 saturated carbocycles. The zero-order chi connectivity index (χ0) is 14.8. The largest absolute Gasteiger partial charge is 0.574 e.